The number of hydrogen-bond acceptors (Lipinski definition) is 5. The summed E-state index contributed by atoms with van der Waals surface area (Å²) in [7, 11) is -3.75. The fourth-order valence-electron chi connectivity index (χ4n) is 3.18. The van der Waals surface area contributed by atoms with Crippen LogP contribution in [-0.4, -0.2) is 30.2 Å². The predicted molar refractivity (Wildman–Crippen MR) is 130 cm³/mol. The minimum atomic E-state index is -3.75. The summed E-state index contributed by atoms with van der Waals surface area (Å²) in [6.07, 6.45) is 1.46. The summed E-state index contributed by atoms with van der Waals surface area (Å²) in [6.45, 7) is 1.89. The van der Waals surface area contributed by atoms with Gasteiger partial charge in [-0.3, -0.25) is 4.79 Å². The van der Waals surface area contributed by atoms with Crippen LogP contribution < -0.4 is 4.74 Å². The molecule has 0 aliphatic carbocycles. The number of aromatic amines is 1. The molecule has 0 spiro atoms. The van der Waals surface area contributed by atoms with Crippen LogP contribution in [0.1, 0.15) is 5.56 Å². The van der Waals surface area contributed by atoms with Gasteiger partial charge >= 0.3 is 5.97 Å². The normalized spacial score (nSPS) is 11.6. The van der Waals surface area contributed by atoms with Crippen LogP contribution in [0.4, 0.5) is 0 Å². The molecule has 1 aromatic heterocycles. The zero-order chi connectivity index (χ0) is 23.8. The number of hydrogen-bond donors (Lipinski definition) is 2. The van der Waals surface area contributed by atoms with Crippen molar-refractivity contribution in [3.63, 3.8) is 0 Å². The van der Waals surface area contributed by atoms with E-state index < -0.39 is 15.8 Å². The molecule has 0 saturated carbocycles. The number of carboxylic acid groups (broad SMARTS) is 1. The first kappa shape index (κ1) is 23.5. The van der Waals surface area contributed by atoms with Gasteiger partial charge in [0.1, 0.15) is 5.75 Å². The average Bonchev–Trinajstić information content (AvgIpc) is 3.19. The van der Waals surface area contributed by atoms with Gasteiger partial charge in [-0.1, -0.05) is 40.9 Å². The molecule has 1 heterocycles. The second-order valence-electron chi connectivity index (χ2n) is 7.18. The Morgan fingerprint density at radius 1 is 1.06 bits per heavy atom. The number of benzene rings is 3. The minimum absolute atomic E-state index is 0.129. The van der Waals surface area contributed by atoms with Gasteiger partial charge in [-0.25, -0.2) is 8.42 Å². The number of carboxylic acids is 1. The molecule has 0 aliphatic heterocycles. The summed E-state index contributed by atoms with van der Waals surface area (Å²) in [5, 5.41) is 9.72. The summed E-state index contributed by atoms with van der Waals surface area (Å²) in [4.78, 5) is 14.7. The molecule has 6 nitrogen and oxygen atoms in total. The predicted octanol–water partition coefficient (Wildman–Crippen LogP) is 6.58. The number of halogens is 2. The number of aromatic nitrogens is 1. The number of carbonyl (C=O) groups is 1. The average molecular weight is 522 g/mol. The number of aliphatic carboxylic acids is 1. The third-order valence-corrected chi connectivity index (χ3v) is 8.12. The maximum absolute atomic E-state index is 13.2. The van der Waals surface area contributed by atoms with Gasteiger partial charge in [0, 0.05) is 22.0 Å². The molecule has 170 valence electrons. The molecule has 0 radical (unpaired) electrons. The van der Waals surface area contributed by atoms with E-state index in [0.29, 0.717) is 21.5 Å². The van der Waals surface area contributed by atoms with Crippen molar-refractivity contribution in [2.24, 2.45) is 0 Å². The molecule has 10 heteroatoms. The molecule has 0 saturated heterocycles. The lowest BCUT2D eigenvalue weighted by atomic mass is 10.2. The molecular weight excluding hydrogens is 505 g/mol. The summed E-state index contributed by atoms with van der Waals surface area (Å²) in [6, 6.07) is 14.8. The van der Waals surface area contributed by atoms with Gasteiger partial charge in [-0.2, -0.15) is 0 Å². The van der Waals surface area contributed by atoms with E-state index in [1.54, 1.807) is 54.6 Å². The molecular formula is C23H17Cl2NO5S2. The number of ether oxygens (including phenoxy) is 1. The van der Waals surface area contributed by atoms with Gasteiger partial charge < -0.3 is 14.8 Å². The number of sulfone groups is 1. The Morgan fingerprint density at radius 3 is 2.36 bits per heavy atom. The van der Waals surface area contributed by atoms with E-state index in [-0.39, 0.29) is 31.3 Å². The lowest BCUT2D eigenvalue weighted by Gasteiger charge is -2.12. The highest BCUT2D eigenvalue weighted by atomic mass is 35.5. The van der Waals surface area contributed by atoms with Crippen molar-refractivity contribution in [3.8, 4) is 11.5 Å². The molecule has 0 fully saturated rings. The third kappa shape index (κ3) is 4.99. The van der Waals surface area contributed by atoms with Crippen molar-refractivity contribution in [1.29, 1.82) is 0 Å². The van der Waals surface area contributed by atoms with Crippen LogP contribution in [0, 0.1) is 6.92 Å². The second-order valence-corrected chi connectivity index (χ2v) is 11.0. The van der Waals surface area contributed by atoms with Crippen LogP contribution in [0.3, 0.4) is 0 Å². The third-order valence-electron chi connectivity index (χ3n) is 4.79. The first-order chi connectivity index (χ1) is 15.6. The smallest absolute Gasteiger partial charge is 0.313 e. The number of nitrogens with one attached hydrogen (secondary N) is 1. The van der Waals surface area contributed by atoms with Crippen molar-refractivity contribution in [2.45, 2.75) is 21.6 Å². The Bertz CT molecular complexity index is 1440. The Labute approximate surface area is 204 Å². The Hall–Kier alpha value is -2.65. The van der Waals surface area contributed by atoms with Crippen LogP contribution in [0.5, 0.6) is 11.5 Å². The zero-order valence-electron chi connectivity index (χ0n) is 17.1. The quantitative estimate of drug-likeness (QED) is 0.266. The maximum atomic E-state index is 13.2. The van der Waals surface area contributed by atoms with Crippen LogP contribution in [0.15, 0.2) is 75.5 Å². The summed E-state index contributed by atoms with van der Waals surface area (Å²) in [5.41, 5.74) is 1.59. The summed E-state index contributed by atoms with van der Waals surface area (Å²) < 4.78 is 32.3. The Morgan fingerprint density at radius 2 is 1.73 bits per heavy atom. The molecule has 4 rings (SSSR count). The van der Waals surface area contributed by atoms with Gasteiger partial charge in [0.05, 0.1) is 25.6 Å². The highest BCUT2D eigenvalue weighted by molar-refractivity contribution is 8.00. The summed E-state index contributed by atoms with van der Waals surface area (Å²) >= 11 is 13.7. The van der Waals surface area contributed by atoms with Crippen molar-refractivity contribution >= 4 is 61.7 Å². The molecule has 4 aromatic rings. The monoisotopic (exact) mass is 521 g/mol. The Kier molecular flexibility index (Phi) is 6.63. The second kappa shape index (κ2) is 9.30. The largest absolute Gasteiger partial charge is 0.481 e. The van der Waals surface area contributed by atoms with Crippen molar-refractivity contribution in [1.82, 2.24) is 4.98 Å². The van der Waals surface area contributed by atoms with E-state index in [9.17, 15) is 13.2 Å². The van der Waals surface area contributed by atoms with E-state index in [1.807, 2.05) is 6.92 Å². The molecule has 2 N–H and O–H groups in total. The number of thioether (sulfide) groups is 1. The molecule has 3 aromatic carbocycles. The molecule has 0 atom stereocenters. The van der Waals surface area contributed by atoms with Crippen LogP contribution in [0.25, 0.3) is 10.9 Å². The zero-order valence-corrected chi connectivity index (χ0v) is 20.3. The fraction of sp³-hybridized carbons (Fsp3) is 0.0870. The fourth-order valence-corrected chi connectivity index (χ4v) is 5.99. The van der Waals surface area contributed by atoms with Crippen LogP contribution in [0.2, 0.25) is 10.0 Å². The Balaban J connectivity index is 1.68. The van der Waals surface area contributed by atoms with E-state index in [4.69, 9.17) is 33.0 Å². The van der Waals surface area contributed by atoms with Gasteiger partial charge in [-0.05, 0) is 49.4 Å². The van der Waals surface area contributed by atoms with Gasteiger partial charge in [0.2, 0.25) is 9.84 Å². The first-order valence-corrected chi connectivity index (χ1v) is 12.8. The van der Waals surface area contributed by atoms with Gasteiger partial charge in [0.25, 0.3) is 0 Å². The first-order valence-electron chi connectivity index (χ1n) is 9.59. The standard InChI is InChI=1S/C23H17Cl2NO5S2/c1-13-2-5-16(6-3-13)33(29,30)21-11-26-20-7-4-14(8-17(20)21)31-23-18(24)9-15(10-19(23)25)32-12-22(27)28/h2-11,26H,12H2,1H3,(H,27,28). The minimum Gasteiger partial charge on any atom is -0.481 e. The number of rotatable bonds is 7. The highest BCUT2D eigenvalue weighted by Crippen LogP contribution is 2.41. The van der Waals surface area contributed by atoms with Crippen molar-refractivity contribution < 1.29 is 23.1 Å². The molecule has 0 bridgehead atoms. The van der Waals surface area contributed by atoms with E-state index in [2.05, 4.69) is 4.98 Å². The number of H-pyrrole nitrogens is 1. The lowest BCUT2D eigenvalue weighted by molar-refractivity contribution is -0.133. The van der Waals surface area contributed by atoms with Crippen LogP contribution in [-0.2, 0) is 14.6 Å². The molecule has 0 amide bonds. The van der Waals surface area contributed by atoms with Crippen molar-refractivity contribution in [2.75, 3.05) is 5.75 Å². The molecule has 33 heavy (non-hydrogen) atoms. The SMILES string of the molecule is Cc1ccc(S(=O)(=O)c2c[nH]c3ccc(Oc4c(Cl)cc(SCC(=O)O)cc4Cl)cc23)cc1. The molecule has 0 aliphatic rings. The van der Waals surface area contributed by atoms with E-state index in [0.717, 1.165) is 17.3 Å². The highest BCUT2D eigenvalue weighted by Gasteiger charge is 2.22. The lowest BCUT2D eigenvalue weighted by Crippen LogP contribution is -2.01. The van der Waals surface area contributed by atoms with E-state index in [1.165, 1.54) is 6.20 Å². The topological polar surface area (TPSA) is 96.5 Å². The summed E-state index contributed by atoms with van der Waals surface area (Å²) in [5.74, 6) is -0.549. The van der Waals surface area contributed by atoms with E-state index >= 15 is 0 Å². The number of aryl methyl sites for hydroxylation is 1. The van der Waals surface area contributed by atoms with Gasteiger partial charge in [0.15, 0.2) is 5.75 Å². The molecule has 0 unspecified atom stereocenters. The van der Waals surface area contributed by atoms with Crippen LogP contribution >= 0.6 is 35.0 Å². The maximum Gasteiger partial charge on any atom is 0.313 e. The number of fused-ring (bicyclic) bond motifs is 1. The van der Waals surface area contributed by atoms with Gasteiger partial charge in [-0.15, -0.1) is 11.8 Å². The van der Waals surface area contributed by atoms with Crippen molar-refractivity contribution in [3.05, 3.63) is 76.4 Å².